The van der Waals surface area contributed by atoms with Crippen molar-refractivity contribution in [2.45, 2.75) is 13.2 Å². The largest absolute Gasteiger partial charge is 0.497 e. The molecule has 0 amide bonds. The minimum Gasteiger partial charge on any atom is -0.497 e. The van der Waals surface area contributed by atoms with E-state index >= 15 is 0 Å². The quantitative estimate of drug-likeness (QED) is 0.842. The average Bonchev–Trinajstić information content (AvgIpc) is 2.52. The minimum atomic E-state index is 0.113. The Morgan fingerprint density at radius 3 is 2.73 bits per heavy atom. The number of amidine groups is 1. The molecule has 0 saturated heterocycles. The van der Waals surface area contributed by atoms with Crippen LogP contribution >= 0.6 is 15.9 Å². The first kappa shape index (κ1) is 14.7. The smallest absolute Gasteiger partial charge is 0.287 e. The van der Waals surface area contributed by atoms with Crippen molar-refractivity contribution >= 4 is 27.6 Å². The Morgan fingerprint density at radius 2 is 1.91 bits per heavy atom. The topological polar surface area (TPSA) is 66.1 Å². The first-order valence-corrected chi connectivity index (χ1v) is 7.50. The maximum atomic E-state index is 5.90. The van der Waals surface area contributed by atoms with Crippen LogP contribution in [0.3, 0.4) is 0 Å². The van der Waals surface area contributed by atoms with Crippen molar-refractivity contribution < 1.29 is 14.2 Å². The number of halogens is 1. The second kappa shape index (κ2) is 6.27. The van der Waals surface area contributed by atoms with E-state index in [0.29, 0.717) is 24.7 Å². The van der Waals surface area contributed by atoms with Crippen LogP contribution in [0, 0.1) is 0 Å². The van der Waals surface area contributed by atoms with Gasteiger partial charge in [-0.25, -0.2) is 0 Å². The Kier molecular flexibility index (Phi) is 4.20. The lowest BCUT2D eigenvalue weighted by Gasteiger charge is -2.16. The van der Waals surface area contributed by atoms with E-state index in [2.05, 4.69) is 20.9 Å². The van der Waals surface area contributed by atoms with Crippen LogP contribution in [0.4, 0.5) is 5.69 Å². The molecule has 1 aliphatic heterocycles. The van der Waals surface area contributed by atoms with Gasteiger partial charge in [0.1, 0.15) is 24.7 Å². The fourth-order valence-electron chi connectivity index (χ4n) is 2.16. The summed E-state index contributed by atoms with van der Waals surface area (Å²) >= 11 is 3.44. The molecule has 2 aromatic carbocycles. The molecule has 0 spiro atoms. The van der Waals surface area contributed by atoms with Crippen molar-refractivity contribution in [2.24, 2.45) is 10.7 Å². The van der Waals surface area contributed by atoms with Gasteiger partial charge in [0.25, 0.3) is 6.02 Å². The van der Waals surface area contributed by atoms with Crippen LogP contribution in [-0.2, 0) is 18.0 Å². The molecule has 3 rings (SSSR count). The Morgan fingerprint density at radius 1 is 1.09 bits per heavy atom. The van der Waals surface area contributed by atoms with Crippen LogP contribution in [0.5, 0.6) is 11.5 Å². The molecular weight excluding hydrogens is 348 g/mol. The van der Waals surface area contributed by atoms with E-state index in [-0.39, 0.29) is 6.02 Å². The van der Waals surface area contributed by atoms with E-state index < -0.39 is 0 Å². The van der Waals surface area contributed by atoms with Crippen molar-refractivity contribution in [3.8, 4) is 11.5 Å². The Bertz CT molecular complexity index is 731. The Hall–Kier alpha value is -2.21. The molecule has 114 valence electrons. The summed E-state index contributed by atoms with van der Waals surface area (Å²) in [5.41, 5.74) is 8.35. The van der Waals surface area contributed by atoms with Gasteiger partial charge in [-0.15, -0.1) is 0 Å². The van der Waals surface area contributed by atoms with Gasteiger partial charge in [-0.1, -0.05) is 15.9 Å². The summed E-state index contributed by atoms with van der Waals surface area (Å²) in [6, 6.07) is 11.5. The third-order valence-electron chi connectivity index (χ3n) is 3.30. The van der Waals surface area contributed by atoms with Gasteiger partial charge >= 0.3 is 0 Å². The molecule has 0 aliphatic carbocycles. The van der Waals surface area contributed by atoms with Gasteiger partial charge in [0.2, 0.25) is 0 Å². The van der Waals surface area contributed by atoms with Crippen LogP contribution in [0.1, 0.15) is 11.1 Å². The van der Waals surface area contributed by atoms with Gasteiger partial charge in [0.05, 0.1) is 12.8 Å². The van der Waals surface area contributed by atoms with Gasteiger partial charge in [-0.2, -0.15) is 4.99 Å². The molecule has 0 unspecified atom stereocenters. The van der Waals surface area contributed by atoms with Gasteiger partial charge in [0, 0.05) is 21.7 Å². The second-order valence-corrected chi connectivity index (χ2v) is 5.69. The maximum Gasteiger partial charge on any atom is 0.287 e. The molecule has 0 radical (unpaired) electrons. The van der Waals surface area contributed by atoms with E-state index in [1.807, 2.05) is 30.3 Å². The maximum absolute atomic E-state index is 5.90. The molecule has 1 heterocycles. The van der Waals surface area contributed by atoms with Crippen LogP contribution in [-0.4, -0.2) is 13.1 Å². The normalized spacial score (nSPS) is 13.8. The van der Waals surface area contributed by atoms with Crippen molar-refractivity contribution in [2.75, 3.05) is 7.11 Å². The number of nitrogens with zero attached hydrogens (tertiary/aromatic N) is 1. The minimum absolute atomic E-state index is 0.113. The highest BCUT2D eigenvalue weighted by atomic mass is 79.9. The number of hydrogen-bond donors (Lipinski definition) is 1. The predicted molar refractivity (Wildman–Crippen MR) is 87.5 cm³/mol. The third kappa shape index (κ3) is 3.17. The monoisotopic (exact) mass is 362 g/mol. The van der Waals surface area contributed by atoms with Crippen molar-refractivity contribution in [3.63, 3.8) is 0 Å². The first-order chi connectivity index (χ1) is 10.7. The summed E-state index contributed by atoms with van der Waals surface area (Å²) in [6.07, 6.45) is 0. The first-order valence-electron chi connectivity index (χ1n) is 6.71. The van der Waals surface area contributed by atoms with E-state index in [1.165, 1.54) is 0 Å². The number of nitrogens with two attached hydrogens (primary N) is 1. The fourth-order valence-corrected chi connectivity index (χ4v) is 2.57. The average molecular weight is 363 g/mol. The van der Waals surface area contributed by atoms with Crippen molar-refractivity contribution in [1.29, 1.82) is 0 Å². The van der Waals surface area contributed by atoms with Gasteiger partial charge in [0.15, 0.2) is 0 Å². The number of rotatable bonds is 1. The SMILES string of the molecule is COc1ccc2c(c1)N=C(N)OCc1cc(Br)ccc1OC2. The highest BCUT2D eigenvalue weighted by Crippen LogP contribution is 2.30. The van der Waals surface area contributed by atoms with Crippen LogP contribution in [0.2, 0.25) is 0 Å². The zero-order valence-corrected chi connectivity index (χ0v) is 13.6. The number of methoxy groups -OCH3 is 1. The summed E-state index contributed by atoms with van der Waals surface area (Å²) < 4.78 is 17.6. The van der Waals surface area contributed by atoms with Gasteiger partial charge in [-0.3, -0.25) is 0 Å². The third-order valence-corrected chi connectivity index (χ3v) is 3.80. The van der Waals surface area contributed by atoms with Crippen LogP contribution < -0.4 is 15.2 Å². The highest BCUT2D eigenvalue weighted by Gasteiger charge is 2.12. The zero-order chi connectivity index (χ0) is 15.5. The Labute approximate surface area is 136 Å². The molecule has 22 heavy (non-hydrogen) atoms. The zero-order valence-electron chi connectivity index (χ0n) is 12.0. The van der Waals surface area contributed by atoms with Gasteiger partial charge < -0.3 is 19.9 Å². The molecule has 2 aromatic rings. The molecule has 0 atom stereocenters. The molecule has 6 heteroatoms. The molecule has 2 N–H and O–H groups in total. The number of aliphatic imine (C=N–C) groups is 1. The van der Waals surface area contributed by atoms with E-state index in [0.717, 1.165) is 21.3 Å². The van der Waals surface area contributed by atoms with E-state index in [1.54, 1.807) is 13.2 Å². The lowest BCUT2D eigenvalue weighted by molar-refractivity contribution is 0.261. The summed E-state index contributed by atoms with van der Waals surface area (Å²) in [7, 11) is 1.61. The molecule has 0 saturated carbocycles. The summed E-state index contributed by atoms with van der Waals surface area (Å²) in [5.74, 6) is 1.47. The molecule has 5 nitrogen and oxygen atoms in total. The predicted octanol–water partition coefficient (Wildman–Crippen LogP) is 3.51. The molecule has 0 fully saturated rings. The van der Waals surface area contributed by atoms with E-state index in [9.17, 15) is 0 Å². The van der Waals surface area contributed by atoms with Crippen molar-refractivity contribution in [3.05, 3.63) is 52.0 Å². The van der Waals surface area contributed by atoms with Crippen LogP contribution in [0.25, 0.3) is 0 Å². The number of hydrogen-bond acceptors (Lipinski definition) is 5. The number of ether oxygens (including phenoxy) is 3. The molecular formula is C16H15BrN2O3. The summed E-state index contributed by atoms with van der Waals surface area (Å²) in [4.78, 5) is 4.31. The molecule has 1 aliphatic rings. The van der Waals surface area contributed by atoms with Gasteiger partial charge in [-0.05, 0) is 30.3 Å². The van der Waals surface area contributed by atoms with Crippen molar-refractivity contribution in [1.82, 2.24) is 0 Å². The lowest BCUT2D eigenvalue weighted by atomic mass is 10.1. The standard InChI is InChI=1S/C16H15BrN2O3/c1-20-13-4-2-10-8-21-15-5-3-12(17)6-11(15)9-22-16(18)19-14(10)7-13/h2-7H,8-9H2,1H3,(H2,18,19). The van der Waals surface area contributed by atoms with Crippen LogP contribution in [0.15, 0.2) is 45.9 Å². The summed E-state index contributed by atoms with van der Waals surface area (Å²) in [5, 5.41) is 0. The highest BCUT2D eigenvalue weighted by molar-refractivity contribution is 9.10. The van der Waals surface area contributed by atoms with E-state index in [4.69, 9.17) is 19.9 Å². The Balaban J connectivity index is 2.01. The molecule has 0 bridgehead atoms. The number of benzene rings is 2. The molecule has 0 aromatic heterocycles. The lowest BCUT2D eigenvalue weighted by Crippen LogP contribution is -2.17. The fraction of sp³-hybridized carbons (Fsp3) is 0.188. The second-order valence-electron chi connectivity index (χ2n) is 4.77. The number of fused-ring (bicyclic) bond motifs is 2. The summed E-state index contributed by atoms with van der Waals surface area (Å²) in [6.45, 7) is 0.689.